The molecule has 1 aliphatic heterocycles. The maximum absolute atomic E-state index is 12.2. The van der Waals surface area contributed by atoms with E-state index in [9.17, 15) is 19.7 Å². The van der Waals surface area contributed by atoms with E-state index in [-0.39, 0.29) is 24.0 Å². The van der Waals surface area contributed by atoms with E-state index in [0.717, 1.165) is 11.3 Å². The van der Waals surface area contributed by atoms with Gasteiger partial charge < -0.3 is 16.4 Å². The number of aliphatic imine (C=N–C) groups is 2. The highest BCUT2D eigenvalue weighted by atomic mass is 16.6. The van der Waals surface area contributed by atoms with E-state index in [1.54, 1.807) is 0 Å². The molecule has 1 heterocycles. The molecule has 5 N–H and O–H groups in total. The third-order valence-electron chi connectivity index (χ3n) is 4.11. The Balaban J connectivity index is 1.58. The molecule has 2 aromatic carbocycles. The summed E-state index contributed by atoms with van der Waals surface area (Å²) in [6.45, 7) is 1.96. The molecular weight excluding hydrogens is 390 g/mol. The summed E-state index contributed by atoms with van der Waals surface area (Å²) in [5, 5.41) is 18.6. The number of carbonyl (C=O) groups excluding carboxylic acids is 2. The fourth-order valence-electron chi connectivity index (χ4n) is 2.61. The van der Waals surface area contributed by atoms with E-state index in [4.69, 9.17) is 5.73 Å². The minimum atomic E-state index is -0.950. The molecule has 11 nitrogen and oxygen atoms in total. The van der Waals surface area contributed by atoms with Gasteiger partial charge in [-0.05, 0) is 31.2 Å². The summed E-state index contributed by atoms with van der Waals surface area (Å²) >= 11 is 0. The Morgan fingerprint density at radius 1 is 1.17 bits per heavy atom. The van der Waals surface area contributed by atoms with Crippen LogP contribution in [0, 0.1) is 17.0 Å². The predicted molar refractivity (Wildman–Crippen MR) is 112 cm³/mol. The molecule has 2 amide bonds. The summed E-state index contributed by atoms with van der Waals surface area (Å²) in [7, 11) is 0. The average molecular weight is 409 g/mol. The summed E-state index contributed by atoms with van der Waals surface area (Å²) in [5.74, 6) is -0.904. The Bertz CT molecular complexity index is 1030. The lowest BCUT2D eigenvalue weighted by Gasteiger charge is -2.06. The van der Waals surface area contributed by atoms with Gasteiger partial charge in [-0.25, -0.2) is 4.99 Å². The first-order chi connectivity index (χ1) is 14.3. The minimum Gasteiger partial charge on any atom is -0.369 e. The number of nitro benzene ring substituents is 1. The Labute approximate surface area is 171 Å². The van der Waals surface area contributed by atoms with Crippen LogP contribution in [0.5, 0.6) is 0 Å². The lowest BCUT2D eigenvalue weighted by molar-refractivity contribution is -0.384. The predicted octanol–water partition coefficient (Wildman–Crippen LogP) is 1.51. The van der Waals surface area contributed by atoms with E-state index in [0.29, 0.717) is 5.69 Å². The zero-order chi connectivity index (χ0) is 21.7. The van der Waals surface area contributed by atoms with E-state index in [1.165, 1.54) is 24.3 Å². The summed E-state index contributed by atoms with van der Waals surface area (Å²) < 4.78 is 0. The SMILES string of the molecule is Cc1ccc(NC(N)=NC2=N[C@H](CC(=O)Nc3ccc([N+](=O)[O-])cc3)C(=O)N2)cc1. The van der Waals surface area contributed by atoms with Crippen LogP contribution in [-0.2, 0) is 9.59 Å². The van der Waals surface area contributed by atoms with Gasteiger partial charge in [0.25, 0.3) is 11.6 Å². The number of aryl methyl sites for hydroxylation is 1. The molecular formula is C19H19N7O4. The van der Waals surface area contributed by atoms with Gasteiger partial charge in [-0.15, -0.1) is 0 Å². The molecule has 154 valence electrons. The summed E-state index contributed by atoms with van der Waals surface area (Å²) in [4.78, 5) is 42.4. The first kappa shape index (κ1) is 20.5. The van der Waals surface area contributed by atoms with E-state index in [2.05, 4.69) is 25.9 Å². The molecule has 0 spiro atoms. The van der Waals surface area contributed by atoms with Gasteiger partial charge in [-0.2, -0.15) is 4.99 Å². The van der Waals surface area contributed by atoms with Crippen molar-refractivity contribution >= 4 is 40.8 Å². The van der Waals surface area contributed by atoms with Crippen LogP contribution in [-0.4, -0.2) is 34.7 Å². The van der Waals surface area contributed by atoms with Gasteiger partial charge in [0, 0.05) is 23.5 Å². The molecule has 0 aliphatic carbocycles. The molecule has 0 radical (unpaired) electrons. The van der Waals surface area contributed by atoms with Gasteiger partial charge in [0.1, 0.15) is 6.04 Å². The summed E-state index contributed by atoms with van der Waals surface area (Å²) in [6.07, 6.45) is -0.215. The number of rotatable bonds is 5. The fourth-order valence-corrected chi connectivity index (χ4v) is 2.61. The van der Waals surface area contributed by atoms with Crippen molar-refractivity contribution in [2.45, 2.75) is 19.4 Å². The van der Waals surface area contributed by atoms with Gasteiger partial charge in [0.15, 0.2) is 0 Å². The molecule has 0 bridgehead atoms. The number of anilines is 2. The molecule has 0 fully saturated rings. The van der Waals surface area contributed by atoms with Crippen molar-refractivity contribution in [3.8, 4) is 0 Å². The molecule has 0 unspecified atom stereocenters. The van der Waals surface area contributed by atoms with E-state index in [1.807, 2.05) is 31.2 Å². The zero-order valence-electron chi connectivity index (χ0n) is 16.0. The number of nitrogens with zero attached hydrogens (tertiary/aromatic N) is 3. The van der Waals surface area contributed by atoms with Crippen molar-refractivity contribution in [2.24, 2.45) is 15.7 Å². The van der Waals surface area contributed by atoms with Crippen LogP contribution in [0.25, 0.3) is 0 Å². The van der Waals surface area contributed by atoms with Gasteiger partial charge in [-0.1, -0.05) is 17.7 Å². The first-order valence-corrected chi connectivity index (χ1v) is 8.91. The van der Waals surface area contributed by atoms with Crippen LogP contribution in [0.15, 0.2) is 58.5 Å². The molecule has 1 atom stereocenters. The van der Waals surface area contributed by atoms with Crippen LogP contribution in [0.2, 0.25) is 0 Å². The molecule has 3 rings (SSSR count). The smallest absolute Gasteiger partial charge is 0.269 e. The van der Waals surface area contributed by atoms with Crippen molar-refractivity contribution in [1.82, 2.24) is 5.32 Å². The molecule has 0 aromatic heterocycles. The number of guanidine groups is 2. The monoisotopic (exact) mass is 409 g/mol. The first-order valence-electron chi connectivity index (χ1n) is 8.91. The van der Waals surface area contributed by atoms with Crippen LogP contribution < -0.4 is 21.7 Å². The number of nitrogens with one attached hydrogen (secondary N) is 3. The standard InChI is InChI=1S/C19H19N7O4/c1-11-2-4-13(5-3-11)22-18(20)25-19-23-15(17(28)24-19)10-16(27)21-12-6-8-14(9-7-12)26(29)30/h2-9,15H,10H2,1H3,(H,21,27)(H4,20,22,23,24,25,28)/t15-/m1/s1. The molecule has 0 saturated heterocycles. The fraction of sp³-hybridized carbons (Fsp3) is 0.158. The molecule has 11 heteroatoms. The largest absolute Gasteiger partial charge is 0.369 e. The summed E-state index contributed by atoms with van der Waals surface area (Å²) in [5.41, 5.74) is 7.94. The number of amides is 2. The molecule has 30 heavy (non-hydrogen) atoms. The Kier molecular flexibility index (Phi) is 6.01. The number of hydrogen-bond donors (Lipinski definition) is 4. The minimum absolute atomic E-state index is 0.00486. The zero-order valence-corrected chi connectivity index (χ0v) is 16.0. The third-order valence-corrected chi connectivity index (χ3v) is 4.11. The van der Waals surface area contributed by atoms with Crippen LogP contribution in [0.1, 0.15) is 12.0 Å². The van der Waals surface area contributed by atoms with Crippen molar-refractivity contribution in [1.29, 1.82) is 0 Å². The highest BCUT2D eigenvalue weighted by molar-refractivity contribution is 6.11. The second-order valence-electron chi connectivity index (χ2n) is 6.50. The molecule has 1 aliphatic rings. The lowest BCUT2D eigenvalue weighted by Crippen LogP contribution is -2.32. The maximum Gasteiger partial charge on any atom is 0.269 e. The van der Waals surface area contributed by atoms with Crippen molar-refractivity contribution < 1.29 is 14.5 Å². The lowest BCUT2D eigenvalue weighted by atomic mass is 10.2. The Hall–Kier alpha value is -4.28. The topological polar surface area (TPSA) is 164 Å². The van der Waals surface area contributed by atoms with Crippen molar-refractivity contribution in [2.75, 3.05) is 10.6 Å². The number of carbonyl (C=O) groups is 2. The quantitative estimate of drug-likeness (QED) is 0.253. The normalized spacial score (nSPS) is 15.9. The van der Waals surface area contributed by atoms with Crippen LogP contribution in [0.4, 0.5) is 17.1 Å². The van der Waals surface area contributed by atoms with Crippen molar-refractivity contribution in [3.05, 3.63) is 64.2 Å². The van der Waals surface area contributed by atoms with E-state index < -0.39 is 22.8 Å². The van der Waals surface area contributed by atoms with E-state index >= 15 is 0 Å². The van der Waals surface area contributed by atoms with Crippen LogP contribution >= 0.6 is 0 Å². The van der Waals surface area contributed by atoms with Gasteiger partial charge in [0.05, 0.1) is 11.3 Å². The van der Waals surface area contributed by atoms with Gasteiger partial charge in [0.2, 0.25) is 17.8 Å². The van der Waals surface area contributed by atoms with Crippen molar-refractivity contribution in [3.63, 3.8) is 0 Å². The number of benzene rings is 2. The molecule has 2 aromatic rings. The maximum atomic E-state index is 12.2. The highest BCUT2D eigenvalue weighted by Crippen LogP contribution is 2.16. The summed E-state index contributed by atoms with van der Waals surface area (Å²) in [6, 6.07) is 11.9. The highest BCUT2D eigenvalue weighted by Gasteiger charge is 2.28. The average Bonchev–Trinajstić information content (AvgIpc) is 3.02. The van der Waals surface area contributed by atoms with Gasteiger partial charge >= 0.3 is 0 Å². The number of hydrogen-bond acceptors (Lipinski definition) is 6. The number of nitro groups is 1. The Morgan fingerprint density at radius 2 is 1.77 bits per heavy atom. The number of non-ortho nitro benzene ring substituents is 1. The second kappa shape index (κ2) is 8.82. The third kappa shape index (κ3) is 5.38. The second-order valence-corrected chi connectivity index (χ2v) is 6.50. The van der Waals surface area contributed by atoms with Crippen LogP contribution in [0.3, 0.4) is 0 Å². The Morgan fingerprint density at radius 3 is 2.40 bits per heavy atom. The van der Waals surface area contributed by atoms with Gasteiger partial charge in [-0.3, -0.25) is 25.0 Å². The number of nitrogens with two attached hydrogens (primary N) is 1. The molecule has 0 saturated carbocycles.